The summed E-state index contributed by atoms with van der Waals surface area (Å²) >= 11 is 0. The number of nitrogens with one attached hydrogen (secondary N) is 2. The Morgan fingerprint density at radius 3 is 2.45 bits per heavy atom. The van der Waals surface area contributed by atoms with E-state index in [9.17, 15) is 9.59 Å². The molecule has 0 unspecified atom stereocenters. The maximum absolute atomic E-state index is 12.4. The molecule has 1 aromatic heterocycles. The van der Waals surface area contributed by atoms with Gasteiger partial charge in [-0.15, -0.1) is 0 Å². The maximum Gasteiger partial charge on any atom is 0.284 e. The average Bonchev–Trinajstić information content (AvgIpc) is 3.05. The summed E-state index contributed by atoms with van der Waals surface area (Å²) in [6, 6.07) is 0.632. The number of carbonyl (C=O) groups is 2. The van der Waals surface area contributed by atoms with Crippen LogP contribution in [0.5, 0.6) is 0 Å². The van der Waals surface area contributed by atoms with E-state index < -0.39 is 5.91 Å². The first-order valence-electron chi connectivity index (χ1n) is 7.74. The molecular formula is C14H22N6O2. The number of nitrogens with two attached hydrogens (primary N) is 1. The topological polar surface area (TPSA) is 107 Å². The highest BCUT2D eigenvalue weighted by molar-refractivity contribution is 5.95. The standard InChI is InChI=1S/C14H22N6O2/c15-12(21)13-17-9-11(18-13)14(22)20-7-5-19(6-8-20)10-1-3-16-4-2-10/h9-10,16H,1-8H2,(H2,15,21)(H,17,18). The molecule has 2 fully saturated rings. The largest absolute Gasteiger partial charge is 0.363 e. The van der Waals surface area contributed by atoms with Crippen LogP contribution in [0.4, 0.5) is 0 Å². The summed E-state index contributed by atoms with van der Waals surface area (Å²) in [6.07, 6.45) is 3.73. The SMILES string of the molecule is NC(=O)c1ncc(C(=O)N2CCN(C3CCNCC3)CC2)[nH]1. The second-order valence-electron chi connectivity index (χ2n) is 5.82. The van der Waals surface area contributed by atoms with Gasteiger partial charge in [-0.2, -0.15) is 0 Å². The van der Waals surface area contributed by atoms with Gasteiger partial charge in [-0.3, -0.25) is 14.5 Å². The molecule has 8 heteroatoms. The Hall–Kier alpha value is -1.93. The third-order valence-corrected chi connectivity index (χ3v) is 4.47. The molecule has 2 aliphatic heterocycles. The van der Waals surface area contributed by atoms with E-state index in [2.05, 4.69) is 20.2 Å². The Balaban J connectivity index is 1.55. The van der Waals surface area contributed by atoms with Crippen molar-refractivity contribution in [1.29, 1.82) is 0 Å². The van der Waals surface area contributed by atoms with E-state index in [-0.39, 0.29) is 11.7 Å². The van der Waals surface area contributed by atoms with Crippen LogP contribution in [0, 0.1) is 0 Å². The lowest BCUT2D eigenvalue weighted by Gasteiger charge is -2.40. The minimum absolute atomic E-state index is 0.0247. The molecule has 2 amide bonds. The molecule has 2 aliphatic rings. The number of piperidine rings is 1. The number of aromatic nitrogens is 2. The monoisotopic (exact) mass is 306 g/mol. The van der Waals surface area contributed by atoms with E-state index in [0.29, 0.717) is 24.8 Å². The second kappa shape index (κ2) is 6.45. The predicted molar refractivity (Wildman–Crippen MR) is 80.5 cm³/mol. The summed E-state index contributed by atoms with van der Waals surface area (Å²) in [5.74, 6) is -0.753. The molecule has 0 atom stereocenters. The molecule has 22 heavy (non-hydrogen) atoms. The van der Waals surface area contributed by atoms with Gasteiger partial charge in [0.15, 0.2) is 5.82 Å². The lowest BCUT2D eigenvalue weighted by Crippen LogP contribution is -2.54. The summed E-state index contributed by atoms with van der Waals surface area (Å²) < 4.78 is 0. The molecule has 0 saturated carbocycles. The lowest BCUT2D eigenvalue weighted by atomic mass is 10.0. The molecule has 3 heterocycles. The van der Waals surface area contributed by atoms with Gasteiger partial charge in [0.2, 0.25) is 0 Å². The van der Waals surface area contributed by atoms with Crippen LogP contribution in [0.2, 0.25) is 0 Å². The highest BCUT2D eigenvalue weighted by Crippen LogP contribution is 2.15. The molecule has 0 aromatic carbocycles. The van der Waals surface area contributed by atoms with Crippen molar-refractivity contribution in [2.75, 3.05) is 39.3 Å². The Bertz CT molecular complexity index is 543. The number of H-pyrrole nitrogens is 1. The van der Waals surface area contributed by atoms with E-state index in [1.165, 1.54) is 19.0 Å². The number of hydrogen-bond acceptors (Lipinski definition) is 5. The quantitative estimate of drug-likeness (QED) is 0.665. The molecule has 0 aliphatic carbocycles. The summed E-state index contributed by atoms with van der Waals surface area (Å²) in [5.41, 5.74) is 5.46. The number of aromatic amines is 1. The fraction of sp³-hybridized carbons (Fsp3) is 0.643. The van der Waals surface area contributed by atoms with Crippen LogP contribution < -0.4 is 11.1 Å². The van der Waals surface area contributed by atoms with Crippen molar-refractivity contribution in [3.63, 3.8) is 0 Å². The van der Waals surface area contributed by atoms with Crippen LogP contribution in [0.15, 0.2) is 6.20 Å². The summed E-state index contributed by atoms with van der Waals surface area (Å²) in [7, 11) is 0. The normalized spacial score (nSPS) is 21.0. The van der Waals surface area contributed by atoms with Crippen molar-refractivity contribution in [3.8, 4) is 0 Å². The minimum atomic E-state index is -0.658. The molecule has 120 valence electrons. The van der Waals surface area contributed by atoms with Gasteiger partial charge >= 0.3 is 0 Å². The van der Waals surface area contributed by atoms with Gasteiger partial charge in [-0.25, -0.2) is 4.98 Å². The lowest BCUT2D eigenvalue weighted by molar-refractivity contribution is 0.0528. The molecule has 0 radical (unpaired) electrons. The van der Waals surface area contributed by atoms with E-state index in [4.69, 9.17) is 5.73 Å². The number of rotatable bonds is 3. The zero-order chi connectivity index (χ0) is 15.5. The first kappa shape index (κ1) is 15.0. The number of carbonyl (C=O) groups excluding carboxylic acids is 2. The summed E-state index contributed by atoms with van der Waals surface area (Å²) in [5, 5.41) is 3.37. The maximum atomic E-state index is 12.4. The number of hydrogen-bond donors (Lipinski definition) is 3. The van der Waals surface area contributed by atoms with Crippen LogP contribution in [-0.2, 0) is 0 Å². The van der Waals surface area contributed by atoms with Gasteiger partial charge in [0.05, 0.1) is 6.20 Å². The fourth-order valence-corrected chi connectivity index (χ4v) is 3.19. The zero-order valence-corrected chi connectivity index (χ0v) is 12.5. The fourth-order valence-electron chi connectivity index (χ4n) is 3.19. The van der Waals surface area contributed by atoms with Crippen molar-refractivity contribution in [2.24, 2.45) is 5.73 Å². The van der Waals surface area contributed by atoms with Gasteiger partial charge in [0, 0.05) is 32.2 Å². The molecule has 0 bridgehead atoms. The summed E-state index contributed by atoms with van der Waals surface area (Å²) in [6.45, 7) is 5.35. The van der Waals surface area contributed by atoms with Crippen molar-refractivity contribution in [1.82, 2.24) is 25.1 Å². The van der Waals surface area contributed by atoms with Gasteiger partial charge in [0.25, 0.3) is 11.8 Å². The Kier molecular flexibility index (Phi) is 4.39. The first-order valence-corrected chi connectivity index (χ1v) is 7.74. The van der Waals surface area contributed by atoms with Crippen LogP contribution in [-0.4, -0.2) is 76.9 Å². The average molecular weight is 306 g/mol. The van der Waals surface area contributed by atoms with Crippen molar-refractivity contribution >= 4 is 11.8 Å². The Labute approximate surface area is 129 Å². The number of primary amides is 1. The van der Waals surface area contributed by atoms with E-state index >= 15 is 0 Å². The Morgan fingerprint density at radius 2 is 1.86 bits per heavy atom. The van der Waals surface area contributed by atoms with Crippen LogP contribution >= 0.6 is 0 Å². The van der Waals surface area contributed by atoms with E-state index in [1.807, 2.05) is 0 Å². The van der Waals surface area contributed by atoms with Crippen molar-refractivity contribution in [2.45, 2.75) is 18.9 Å². The molecule has 4 N–H and O–H groups in total. The van der Waals surface area contributed by atoms with Gasteiger partial charge in [-0.05, 0) is 25.9 Å². The summed E-state index contributed by atoms with van der Waals surface area (Å²) in [4.78, 5) is 34.2. The first-order chi connectivity index (χ1) is 10.6. The molecule has 1 aromatic rings. The number of nitrogens with zero attached hydrogens (tertiary/aromatic N) is 3. The van der Waals surface area contributed by atoms with Crippen molar-refractivity contribution in [3.05, 3.63) is 17.7 Å². The van der Waals surface area contributed by atoms with Gasteiger partial charge in [-0.1, -0.05) is 0 Å². The zero-order valence-electron chi connectivity index (χ0n) is 12.5. The molecule has 0 spiro atoms. The molecule has 2 saturated heterocycles. The number of amides is 2. The van der Waals surface area contributed by atoms with E-state index in [0.717, 1.165) is 26.2 Å². The van der Waals surface area contributed by atoms with Gasteiger partial charge in [0.1, 0.15) is 5.69 Å². The molecular weight excluding hydrogens is 284 g/mol. The molecule has 8 nitrogen and oxygen atoms in total. The van der Waals surface area contributed by atoms with Gasteiger partial charge < -0.3 is 20.9 Å². The number of piperazine rings is 1. The third-order valence-electron chi connectivity index (χ3n) is 4.47. The molecule has 3 rings (SSSR count). The second-order valence-corrected chi connectivity index (χ2v) is 5.82. The van der Waals surface area contributed by atoms with Crippen LogP contribution in [0.3, 0.4) is 0 Å². The van der Waals surface area contributed by atoms with Crippen molar-refractivity contribution < 1.29 is 9.59 Å². The highest BCUT2D eigenvalue weighted by atomic mass is 16.2. The number of imidazole rings is 1. The van der Waals surface area contributed by atoms with Crippen LogP contribution in [0.25, 0.3) is 0 Å². The van der Waals surface area contributed by atoms with Crippen LogP contribution in [0.1, 0.15) is 33.9 Å². The minimum Gasteiger partial charge on any atom is -0.363 e. The highest BCUT2D eigenvalue weighted by Gasteiger charge is 2.28. The van der Waals surface area contributed by atoms with E-state index in [1.54, 1.807) is 4.90 Å². The third kappa shape index (κ3) is 3.12. The Morgan fingerprint density at radius 1 is 1.18 bits per heavy atom. The smallest absolute Gasteiger partial charge is 0.284 e. The predicted octanol–water partition coefficient (Wildman–Crippen LogP) is -0.982.